The van der Waals surface area contributed by atoms with Gasteiger partial charge in [-0.25, -0.2) is 9.50 Å². The molecular formula is C17H14N6O3S2. The fraction of sp³-hybridized carbons (Fsp3) is 0.176. The lowest BCUT2D eigenvalue weighted by atomic mass is 10.3. The topological polar surface area (TPSA) is 110 Å². The number of aryl methyl sites for hydroxylation is 1. The number of carbonyl (C=O) groups is 3. The molecule has 9 nitrogen and oxygen atoms in total. The van der Waals surface area contributed by atoms with Crippen LogP contribution in [0.3, 0.4) is 0 Å². The van der Waals surface area contributed by atoms with Crippen LogP contribution in [0.2, 0.25) is 0 Å². The number of imide groups is 1. The predicted octanol–water partition coefficient (Wildman–Crippen LogP) is 1.96. The van der Waals surface area contributed by atoms with Crippen LogP contribution in [0.5, 0.6) is 0 Å². The summed E-state index contributed by atoms with van der Waals surface area (Å²) in [6, 6.07) is 5.50. The minimum absolute atomic E-state index is 0.0199. The van der Waals surface area contributed by atoms with E-state index in [2.05, 4.69) is 20.4 Å². The Labute approximate surface area is 167 Å². The van der Waals surface area contributed by atoms with E-state index >= 15 is 0 Å². The van der Waals surface area contributed by atoms with Crippen molar-refractivity contribution in [3.8, 4) is 0 Å². The zero-order valence-electron chi connectivity index (χ0n) is 14.7. The van der Waals surface area contributed by atoms with Crippen molar-refractivity contribution in [1.29, 1.82) is 0 Å². The van der Waals surface area contributed by atoms with Gasteiger partial charge >= 0.3 is 0 Å². The van der Waals surface area contributed by atoms with Gasteiger partial charge in [0.1, 0.15) is 0 Å². The van der Waals surface area contributed by atoms with Gasteiger partial charge < -0.3 is 5.32 Å². The summed E-state index contributed by atoms with van der Waals surface area (Å²) in [5.41, 5.74) is 0.798. The molecule has 0 saturated carbocycles. The Hall–Kier alpha value is -3.05. The van der Waals surface area contributed by atoms with Crippen molar-refractivity contribution in [1.82, 2.24) is 29.8 Å². The van der Waals surface area contributed by atoms with Gasteiger partial charge in [-0.05, 0) is 42.3 Å². The quantitative estimate of drug-likeness (QED) is 0.636. The number of fused-ring (bicyclic) bond motifs is 1. The molecule has 0 unspecified atom stereocenters. The Balaban J connectivity index is 1.37. The Morgan fingerprint density at radius 1 is 1.32 bits per heavy atom. The molecule has 0 radical (unpaired) electrons. The fourth-order valence-electron chi connectivity index (χ4n) is 2.56. The smallest absolute Gasteiger partial charge is 0.293 e. The number of thioether (sulfide) groups is 1. The van der Waals surface area contributed by atoms with E-state index in [0.29, 0.717) is 10.7 Å². The Kier molecular flexibility index (Phi) is 4.92. The Morgan fingerprint density at radius 2 is 2.18 bits per heavy atom. The molecule has 1 N–H and O–H groups in total. The molecule has 3 aromatic rings. The number of carbonyl (C=O) groups excluding carboxylic acids is 3. The van der Waals surface area contributed by atoms with E-state index in [0.717, 1.165) is 27.2 Å². The first kappa shape index (κ1) is 18.3. The molecule has 0 aliphatic carbocycles. The predicted molar refractivity (Wildman–Crippen MR) is 105 cm³/mol. The second kappa shape index (κ2) is 7.52. The number of aromatic nitrogens is 4. The van der Waals surface area contributed by atoms with Gasteiger partial charge in [0, 0.05) is 29.9 Å². The Bertz CT molecular complexity index is 1110. The van der Waals surface area contributed by atoms with E-state index in [9.17, 15) is 14.4 Å². The van der Waals surface area contributed by atoms with Crippen molar-refractivity contribution in [2.75, 3.05) is 13.1 Å². The van der Waals surface area contributed by atoms with Crippen molar-refractivity contribution in [2.45, 2.75) is 6.92 Å². The number of thiophene rings is 1. The third-order valence-electron chi connectivity index (χ3n) is 3.94. The first-order chi connectivity index (χ1) is 13.5. The maximum atomic E-state index is 12.4. The van der Waals surface area contributed by atoms with E-state index in [1.54, 1.807) is 18.3 Å². The molecule has 28 heavy (non-hydrogen) atoms. The van der Waals surface area contributed by atoms with E-state index in [-0.39, 0.29) is 30.1 Å². The van der Waals surface area contributed by atoms with E-state index in [1.807, 2.05) is 24.4 Å². The number of nitrogens with zero attached hydrogens (tertiary/aromatic N) is 5. The zero-order chi connectivity index (χ0) is 19.7. The van der Waals surface area contributed by atoms with Gasteiger partial charge in [0.2, 0.25) is 5.82 Å². The number of hydrogen-bond acceptors (Lipinski definition) is 8. The van der Waals surface area contributed by atoms with Crippen molar-refractivity contribution in [3.05, 3.63) is 51.1 Å². The summed E-state index contributed by atoms with van der Waals surface area (Å²) in [5, 5.41) is 8.29. The van der Waals surface area contributed by atoms with Gasteiger partial charge in [-0.3, -0.25) is 19.3 Å². The molecule has 0 bridgehead atoms. The van der Waals surface area contributed by atoms with E-state index in [1.165, 1.54) is 15.9 Å². The molecule has 1 saturated heterocycles. The molecule has 11 heteroatoms. The maximum absolute atomic E-state index is 12.4. The van der Waals surface area contributed by atoms with Gasteiger partial charge in [0.15, 0.2) is 0 Å². The van der Waals surface area contributed by atoms with Crippen molar-refractivity contribution >= 4 is 52.0 Å². The lowest BCUT2D eigenvalue weighted by Gasteiger charge is -2.12. The molecule has 4 heterocycles. The number of amides is 3. The zero-order valence-corrected chi connectivity index (χ0v) is 16.3. The lowest BCUT2D eigenvalue weighted by Crippen LogP contribution is -2.37. The third kappa shape index (κ3) is 3.53. The SMILES string of the molecule is Cc1ccnc2nc(C(=O)NCCN3C(=O)S/C(=C\c4cccs4)C3=O)nn12. The second-order valence-corrected chi connectivity index (χ2v) is 7.81. The fourth-order valence-corrected chi connectivity index (χ4v) is 4.15. The van der Waals surface area contributed by atoms with Crippen LogP contribution < -0.4 is 5.32 Å². The molecule has 1 fully saturated rings. The molecule has 3 aromatic heterocycles. The van der Waals surface area contributed by atoms with Crippen LogP contribution in [0.15, 0.2) is 34.7 Å². The van der Waals surface area contributed by atoms with Gasteiger partial charge in [-0.1, -0.05) is 6.07 Å². The molecule has 0 spiro atoms. The largest absolute Gasteiger partial charge is 0.347 e. The molecule has 0 aromatic carbocycles. The van der Waals surface area contributed by atoms with E-state index in [4.69, 9.17) is 0 Å². The molecule has 0 atom stereocenters. The second-order valence-electron chi connectivity index (χ2n) is 5.84. The molecule has 1 aliphatic rings. The average molecular weight is 414 g/mol. The van der Waals surface area contributed by atoms with Gasteiger partial charge in [-0.15, -0.1) is 16.4 Å². The molecule has 142 valence electrons. The van der Waals surface area contributed by atoms with Crippen LogP contribution in [0.25, 0.3) is 11.9 Å². The van der Waals surface area contributed by atoms with Gasteiger partial charge in [0.25, 0.3) is 22.8 Å². The summed E-state index contributed by atoms with van der Waals surface area (Å²) in [5.74, 6) is -0.544. The summed E-state index contributed by atoms with van der Waals surface area (Å²) in [4.78, 5) is 47.3. The molecule has 4 rings (SSSR count). The van der Waals surface area contributed by atoms with Crippen LogP contribution in [0, 0.1) is 6.92 Å². The third-order valence-corrected chi connectivity index (χ3v) is 5.67. The highest BCUT2D eigenvalue weighted by atomic mass is 32.2. The number of nitrogens with one attached hydrogen (secondary N) is 1. The normalized spacial score (nSPS) is 15.8. The van der Waals surface area contributed by atoms with E-state index < -0.39 is 5.91 Å². The summed E-state index contributed by atoms with van der Waals surface area (Å²) < 4.78 is 1.47. The number of hydrogen-bond donors (Lipinski definition) is 1. The minimum atomic E-state index is -0.494. The maximum Gasteiger partial charge on any atom is 0.293 e. The summed E-state index contributed by atoms with van der Waals surface area (Å²) in [6.07, 6.45) is 3.29. The average Bonchev–Trinajstić information content (AvgIpc) is 3.38. The van der Waals surface area contributed by atoms with Crippen LogP contribution in [-0.2, 0) is 4.79 Å². The van der Waals surface area contributed by atoms with Gasteiger partial charge in [0.05, 0.1) is 4.91 Å². The first-order valence-electron chi connectivity index (χ1n) is 8.28. The summed E-state index contributed by atoms with van der Waals surface area (Å²) in [6.45, 7) is 2.00. The monoisotopic (exact) mass is 414 g/mol. The molecule has 1 aliphatic heterocycles. The number of rotatable bonds is 5. The summed E-state index contributed by atoms with van der Waals surface area (Å²) >= 11 is 2.38. The highest BCUT2D eigenvalue weighted by Crippen LogP contribution is 2.32. The summed E-state index contributed by atoms with van der Waals surface area (Å²) in [7, 11) is 0. The minimum Gasteiger partial charge on any atom is -0.347 e. The van der Waals surface area contributed by atoms with Crippen molar-refractivity contribution < 1.29 is 14.4 Å². The van der Waals surface area contributed by atoms with Crippen molar-refractivity contribution in [3.63, 3.8) is 0 Å². The van der Waals surface area contributed by atoms with Crippen LogP contribution >= 0.6 is 23.1 Å². The standard InChI is InChI=1S/C17H14N6O3S2/c1-10-4-5-19-16-20-13(21-23(10)16)14(24)18-6-7-22-15(25)12(28-17(22)26)9-11-3-2-8-27-11/h2-5,8-9H,6-7H2,1H3,(H,18,24)/b12-9-. The lowest BCUT2D eigenvalue weighted by molar-refractivity contribution is -0.122. The van der Waals surface area contributed by atoms with Gasteiger partial charge in [-0.2, -0.15) is 4.98 Å². The first-order valence-corrected chi connectivity index (χ1v) is 9.98. The van der Waals surface area contributed by atoms with Crippen LogP contribution in [0.4, 0.5) is 4.79 Å². The highest BCUT2D eigenvalue weighted by molar-refractivity contribution is 8.18. The van der Waals surface area contributed by atoms with Crippen molar-refractivity contribution in [2.24, 2.45) is 0 Å². The molecule has 3 amide bonds. The van der Waals surface area contributed by atoms with Crippen LogP contribution in [-0.4, -0.2) is 54.6 Å². The highest BCUT2D eigenvalue weighted by Gasteiger charge is 2.34. The Morgan fingerprint density at radius 3 is 2.93 bits per heavy atom. The van der Waals surface area contributed by atoms with Crippen LogP contribution in [0.1, 0.15) is 21.2 Å². The molecular weight excluding hydrogens is 400 g/mol.